The molecule has 2 heteroatoms. The highest BCUT2D eigenvalue weighted by Crippen LogP contribution is 2.43. The van der Waals surface area contributed by atoms with Crippen molar-refractivity contribution in [1.82, 2.24) is 5.32 Å². The molecule has 2 rings (SSSR count). The lowest BCUT2D eigenvalue weighted by Gasteiger charge is -2.52. The van der Waals surface area contributed by atoms with Gasteiger partial charge in [0, 0.05) is 12.6 Å². The fourth-order valence-corrected chi connectivity index (χ4v) is 3.94. The summed E-state index contributed by atoms with van der Waals surface area (Å²) in [5, 5.41) is 3.75. The van der Waals surface area contributed by atoms with Crippen molar-refractivity contribution in [3.63, 3.8) is 0 Å². The summed E-state index contributed by atoms with van der Waals surface area (Å²) in [6.45, 7) is 8.93. The maximum Gasteiger partial charge on any atom is 0.0863 e. The first-order valence-corrected chi connectivity index (χ1v) is 7.56. The van der Waals surface area contributed by atoms with Crippen molar-refractivity contribution in [2.45, 2.75) is 70.9 Å². The molecule has 17 heavy (non-hydrogen) atoms. The van der Waals surface area contributed by atoms with E-state index < -0.39 is 0 Å². The van der Waals surface area contributed by atoms with E-state index in [0.717, 1.165) is 25.0 Å². The molecule has 3 unspecified atom stereocenters. The lowest BCUT2D eigenvalue weighted by atomic mass is 9.68. The SMILES string of the molecule is CCC1CCCCC12OCCNC2CC(C)C. The van der Waals surface area contributed by atoms with Crippen LogP contribution in [0.3, 0.4) is 0 Å². The molecular formula is C15H29NO. The first-order chi connectivity index (χ1) is 8.19. The second-order valence-corrected chi connectivity index (χ2v) is 6.29. The van der Waals surface area contributed by atoms with Crippen molar-refractivity contribution in [3.8, 4) is 0 Å². The van der Waals surface area contributed by atoms with Crippen LogP contribution in [0.5, 0.6) is 0 Å². The molecule has 1 aliphatic carbocycles. The molecule has 1 saturated heterocycles. The fourth-order valence-electron chi connectivity index (χ4n) is 3.94. The zero-order valence-corrected chi connectivity index (χ0v) is 11.8. The van der Waals surface area contributed by atoms with Crippen LogP contribution in [0, 0.1) is 11.8 Å². The lowest BCUT2D eigenvalue weighted by molar-refractivity contribution is -0.155. The van der Waals surface area contributed by atoms with Gasteiger partial charge in [-0.25, -0.2) is 0 Å². The Morgan fingerprint density at radius 2 is 2.18 bits per heavy atom. The normalized spacial score (nSPS) is 38.8. The third kappa shape index (κ3) is 2.68. The second-order valence-electron chi connectivity index (χ2n) is 6.29. The van der Waals surface area contributed by atoms with E-state index in [-0.39, 0.29) is 5.60 Å². The Balaban J connectivity index is 2.15. The number of rotatable bonds is 3. The van der Waals surface area contributed by atoms with Crippen LogP contribution in [-0.2, 0) is 4.74 Å². The maximum atomic E-state index is 6.36. The van der Waals surface area contributed by atoms with Gasteiger partial charge in [0.05, 0.1) is 12.2 Å². The van der Waals surface area contributed by atoms with Gasteiger partial charge in [0.2, 0.25) is 0 Å². The third-order valence-corrected chi connectivity index (χ3v) is 4.71. The standard InChI is InChI=1S/C15H29NO/c1-4-13-7-5-6-8-15(13)14(11-12(2)3)16-9-10-17-15/h12-14,16H,4-11H2,1-3H3. The van der Waals surface area contributed by atoms with Crippen molar-refractivity contribution in [3.05, 3.63) is 0 Å². The Morgan fingerprint density at radius 3 is 2.88 bits per heavy atom. The highest BCUT2D eigenvalue weighted by molar-refractivity contribution is 5.02. The molecule has 1 aliphatic heterocycles. The van der Waals surface area contributed by atoms with E-state index in [4.69, 9.17) is 4.74 Å². The molecule has 100 valence electrons. The molecular weight excluding hydrogens is 210 g/mol. The van der Waals surface area contributed by atoms with E-state index in [1.807, 2.05) is 0 Å². The van der Waals surface area contributed by atoms with Gasteiger partial charge in [-0.1, -0.05) is 40.0 Å². The molecule has 0 aromatic heterocycles. The summed E-state index contributed by atoms with van der Waals surface area (Å²) in [5.74, 6) is 1.53. The zero-order chi connectivity index (χ0) is 12.3. The Hall–Kier alpha value is -0.0800. The number of ether oxygens (including phenoxy) is 1. The monoisotopic (exact) mass is 239 g/mol. The number of nitrogens with one attached hydrogen (secondary N) is 1. The van der Waals surface area contributed by atoms with Crippen molar-refractivity contribution in [2.75, 3.05) is 13.2 Å². The topological polar surface area (TPSA) is 21.3 Å². The molecule has 0 amide bonds. The Labute approximate surface area is 107 Å². The summed E-state index contributed by atoms with van der Waals surface area (Å²) in [5.41, 5.74) is 0.162. The van der Waals surface area contributed by atoms with E-state index in [1.165, 1.54) is 38.5 Å². The van der Waals surface area contributed by atoms with Gasteiger partial charge in [-0.2, -0.15) is 0 Å². The predicted molar refractivity (Wildman–Crippen MR) is 72.2 cm³/mol. The first kappa shape index (κ1) is 13.4. The Morgan fingerprint density at radius 1 is 1.35 bits per heavy atom. The second kappa shape index (κ2) is 5.71. The van der Waals surface area contributed by atoms with Crippen molar-refractivity contribution < 1.29 is 4.74 Å². The van der Waals surface area contributed by atoms with Gasteiger partial charge in [-0.15, -0.1) is 0 Å². The van der Waals surface area contributed by atoms with Crippen molar-refractivity contribution in [2.24, 2.45) is 11.8 Å². The van der Waals surface area contributed by atoms with Crippen molar-refractivity contribution in [1.29, 1.82) is 0 Å². The van der Waals surface area contributed by atoms with E-state index in [1.54, 1.807) is 0 Å². The van der Waals surface area contributed by atoms with Crippen LogP contribution in [0.2, 0.25) is 0 Å². The van der Waals surface area contributed by atoms with Crippen LogP contribution >= 0.6 is 0 Å². The molecule has 0 aromatic rings. The summed E-state index contributed by atoms with van der Waals surface area (Å²) >= 11 is 0. The fraction of sp³-hybridized carbons (Fsp3) is 1.00. The summed E-state index contributed by atoms with van der Waals surface area (Å²) in [7, 11) is 0. The average Bonchev–Trinajstić information content (AvgIpc) is 2.32. The van der Waals surface area contributed by atoms with E-state index in [0.29, 0.717) is 6.04 Å². The quantitative estimate of drug-likeness (QED) is 0.815. The predicted octanol–water partition coefficient (Wildman–Crippen LogP) is 3.36. The molecule has 0 radical (unpaired) electrons. The van der Waals surface area contributed by atoms with Crippen LogP contribution in [0.4, 0.5) is 0 Å². The highest BCUT2D eigenvalue weighted by Gasteiger charge is 2.48. The maximum absolute atomic E-state index is 6.36. The average molecular weight is 239 g/mol. The molecule has 2 aliphatic rings. The minimum Gasteiger partial charge on any atom is -0.372 e. The molecule has 1 heterocycles. The van der Waals surface area contributed by atoms with Crippen LogP contribution in [0.15, 0.2) is 0 Å². The van der Waals surface area contributed by atoms with Gasteiger partial charge in [0.1, 0.15) is 0 Å². The molecule has 2 fully saturated rings. The minimum atomic E-state index is 0.162. The van der Waals surface area contributed by atoms with Gasteiger partial charge >= 0.3 is 0 Å². The largest absolute Gasteiger partial charge is 0.372 e. The molecule has 1 N–H and O–H groups in total. The van der Waals surface area contributed by atoms with Gasteiger partial charge in [-0.05, 0) is 31.1 Å². The highest BCUT2D eigenvalue weighted by atomic mass is 16.5. The van der Waals surface area contributed by atoms with E-state index in [9.17, 15) is 0 Å². The molecule has 0 bridgehead atoms. The number of hydrogen-bond acceptors (Lipinski definition) is 2. The van der Waals surface area contributed by atoms with Crippen LogP contribution in [0.1, 0.15) is 59.3 Å². The van der Waals surface area contributed by atoms with Crippen LogP contribution in [0.25, 0.3) is 0 Å². The Bertz CT molecular complexity index is 235. The van der Waals surface area contributed by atoms with Gasteiger partial charge in [0.15, 0.2) is 0 Å². The van der Waals surface area contributed by atoms with E-state index in [2.05, 4.69) is 26.1 Å². The molecule has 0 aromatic carbocycles. The summed E-state index contributed by atoms with van der Waals surface area (Å²) in [6.07, 6.45) is 7.93. The summed E-state index contributed by atoms with van der Waals surface area (Å²) in [4.78, 5) is 0. The Kier molecular flexibility index (Phi) is 4.48. The van der Waals surface area contributed by atoms with Crippen molar-refractivity contribution >= 4 is 0 Å². The molecule has 3 atom stereocenters. The first-order valence-electron chi connectivity index (χ1n) is 7.56. The van der Waals surface area contributed by atoms with Crippen LogP contribution in [-0.4, -0.2) is 24.8 Å². The van der Waals surface area contributed by atoms with Crippen LogP contribution < -0.4 is 5.32 Å². The summed E-state index contributed by atoms with van der Waals surface area (Å²) < 4.78 is 6.36. The van der Waals surface area contributed by atoms with Gasteiger partial charge < -0.3 is 10.1 Å². The van der Waals surface area contributed by atoms with Gasteiger partial charge in [-0.3, -0.25) is 0 Å². The van der Waals surface area contributed by atoms with E-state index >= 15 is 0 Å². The summed E-state index contributed by atoms with van der Waals surface area (Å²) in [6, 6.07) is 0.585. The zero-order valence-electron chi connectivity index (χ0n) is 11.8. The van der Waals surface area contributed by atoms with Gasteiger partial charge in [0.25, 0.3) is 0 Å². The molecule has 1 spiro atoms. The molecule has 1 saturated carbocycles. The third-order valence-electron chi connectivity index (χ3n) is 4.71. The minimum absolute atomic E-state index is 0.162. The number of morpholine rings is 1. The molecule has 2 nitrogen and oxygen atoms in total. The number of hydrogen-bond donors (Lipinski definition) is 1. The smallest absolute Gasteiger partial charge is 0.0863 e. The lowest BCUT2D eigenvalue weighted by Crippen LogP contribution is -2.62.